The van der Waals surface area contributed by atoms with Crippen molar-refractivity contribution in [3.05, 3.63) is 47.0 Å². The first kappa shape index (κ1) is 19.0. The molecule has 0 spiro atoms. The van der Waals surface area contributed by atoms with Crippen LogP contribution in [0.5, 0.6) is 0 Å². The summed E-state index contributed by atoms with van der Waals surface area (Å²) in [5, 5.41) is 19.1. The number of aliphatic hydroxyl groups excluding tert-OH is 1. The van der Waals surface area contributed by atoms with Crippen LogP contribution in [0.2, 0.25) is 0 Å². The third kappa shape index (κ3) is 3.35. The van der Waals surface area contributed by atoms with Crippen molar-refractivity contribution >= 4 is 0 Å². The van der Waals surface area contributed by atoms with Gasteiger partial charge in [0.1, 0.15) is 6.61 Å². The van der Waals surface area contributed by atoms with E-state index >= 15 is 0 Å². The number of rotatable bonds is 3. The Kier molecular flexibility index (Phi) is 4.64. The second kappa shape index (κ2) is 7.07. The van der Waals surface area contributed by atoms with Crippen LogP contribution in [0, 0.1) is 11.8 Å². The first-order chi connectivity index (χ1) is 13.9. The lowest BCUT2D eigenvalue weighted by Gasteiger charge is -2.26. The van der Waals surface area contributed by atoms with Crippen LogP contribution in [-0.2, 0) is 24.1 Å². The highest BCUT2D eigenvalue weighted by atomic mass is 19.4. The fraction of sp³-hybridized carbons (Fsp3) is 0.600. The molecule has 156 valence electrons. The van der Waals surface area contributed by atoms with Gasteiger partial charge in [-0.1, -0.05) is 18.2 Å². The Bertz CT molecular complexity index is 886. The van der Waals surface area contributed by atoms with E-state index in [4.69, 9.17) is 4.74 Å². The molecule has 6 nitrogen and oxygen atoms in total. The lowest BCUT2D eigenvalue weighted by molar-refractivity contribution is -0.138. The highest BCUT2D eigenvalue weighted by molar-refractivity contribution is 5.34. The van der Waals surface area contributed by atoms with Crippen LogP contribution >= 0.6 is 0 Å². The van der Waals surface area contributed by atoms with Gasteiger partial charge >= 0.3 is 6.18 Å². The smallest absolute Gasteiger partial charge is 0.372 e. The molecule has 1 aliphatic carbocycles. The predicted octanol–water partition coefficient (Wildman–Crippen LogP) is 2.94. The Balaban J connectivity index is 1.29. The van der Waals surface area contributed by atoms with Gasteiger partial charge in [0.25, 0.3) is 0 Å². The monoisotopic (exact) mass is 408 g/mol. The number of hydrogen-bond donors (Lipinski definition) is 1. The molecule has 1 aromatic heterocycles. The van der Waals surface area contributed by atoms with Gasteiger partial charge in [0.05, 0.1) is 12.2 Å². The van der Waals surface area contributed by atoms with Crippen molar-refractivity contribution in [3.8, 4) is 0 Å². The molecule has 1 saturated carbocycles. The topological polar surface area (TPSA) is 63.4 Å². The maximum atomic E-state index is 13.4. The summed E-state index contributed by atoms with van der Waals surface area (Å²) in [6.45, 7) is 2.90. The molecule has 9 heteroatoms. The summed E-state index contributed by atoms with van der Waals surface area (Å²) in [5.41, 5.74) is -0.104. The summed E-state index contributed by atoms with van der Waals surface area (Å²) in [6, 6.07) is 5.93. The Morgan fingerprint density at radius 3 is 2.55 bits per heavy atom. The number of hydrogen-bond acceptors (Lipinski definition) is 5. The van der Waals surface area contributed by atoms with E-state index in [-0.39, 0.29) is 17.8 Å². The minimum atomic E-state index is -4.33. The fourth-order valence-electron chi connectivity index (χ4n) is 5.27. The van der Waals surface area contributed by atoms with E-state index in [0.717, 1.165) is 0 Å². The van der Waals surface area contributed by atoms with Crippen molar-refractivity contribution in [3.63, 3.8) is 0 Å². The molecule has 2 aliphatic heterocycles. The van der Waals surface area contributed by atoms with Gasteiger partial charge < -0.3 is 14.4 Å². The third-order valence-corrected chi connectivity index (χ3v) is 6.61. The van der Waals surface area contributed by atoms with Crippen molar-refractivity contribution in [2.75, 3.05) is 19.7 Å². The van der Waals surface area contributed by atoms with Crippen molar-refractivity contribution < 1.29 is 23.0 Å². The van der Waals surface area contributed by atoms with Gasteiger partial charge in [-0.25, -0.2) is 0 Å². The second-order valence-electron chi connectivity index (χ2n) is 8.28. The molecule has 2 fully saturated rings. The zero-order valence-electron chi connectivity index (χ0n) is 15.8. The van der Waals surface area contributed by atoms with Gasteiger partial charge in [-0.15, -0.1) is 10.2 Å². The quantitative estimate of drug-likeness (QED) is 0.846. The lowest BCUT2D eigenvalue weighted by Crippen LogP contribution is -2.31. The molecule has 1 saturated heterocycles. The van der Waals surface area contributed by atoms with E-state index in [9.17, 15) is 18.3 Å². The highest BCUT2D eigenvalue weighted by Gasteiger charge is 2.46. The van der Waals surface area contributed by atoms with E-state index in [1.54, 1.807) is 12.1 Å². The minimum Gasteiger partial charge on any atom is -0.372 e. The van der Waals surface area contributed by atoms with Crippen LogP contribution in [0.4, 0.5) is 13.2 Å². The summed E-state index contributed by atoms with van der Waals surface area (Å²) >= 11 is 0. The lowest BCUT2D eigenvalue weighted by atomic mass is 9.91. The fourth-order valence-corrected chi connectivity index (χ4v) is 5.27. The molecular weight excluding hydrogens is 385 g/mol. The zero-order valence-corrected chi connectivity index (χ0v) is 15.8. The van der Waals surface area contributed by atoms with Gasteiger partial charge in [-0.2, -0.15) is 13.2 Å². The molecule has 0 amide bonds. The number of alkyl halides is 3. The average Bonchev–Trinajstić information content (AvgIpc) is 3.39. The number of aromatic nitrogens is 3. The first-order valence-electron chi connectivity index (χ1n) is 9.99. The molecule has 0 radical (unpaired) electrons. The molecule has 2 aromatic rings. The number of nitrogens with zero attached hydrogens (tertiary/aromatic N) is 4. The van der Waals surface area contributed by atoms with Crippen molar-refractivity contribution in [1.82, 2.24) is 19.7 Å². The van der Waals surface area contributed by atoms with Crippen LogP contribution in [0.3, 0.4) is 0 Å². The van der Waals surface area contributed by atoms with Gasteiger partial charge in [-0.05, 0) is 42.2 Å². The molecule has 0 bridgehead atoms. The minimum absolute atomic E-state index is 0.0832. The number of ether oxygens (including phenoxy) is 1. The number of benzene rings is 1. The highest BCUT2D eigenvalue weighted by Crippen LogP contribution is 2.49. The summed E-state index contributed by atoms with van der Waals surface area (Å²) in [6.07, 6.45) is -3.74. The SMILES string of the molecule is OC(c1nnc2n1CCOC2)N1C[C@H]2C[C@@H](c3ccccc3C(F)(F)F)C[C@H]2C1. The Labute approximate surface area is 166 Å². The Morgan fingerprint density at radius 1 is 1.10 bits per heavy atom. The van der Waals surface area contributed by atoms with Crippen LogP contribution in [0.15, 0.2) is 24.3 Å². The Morgan fingerprint density at radius 2 is 1.83 bits per heavy atom. The predicted molar refractivity (Wildman–Crippen MR) is 96.6 cm³/mol. The van der Waals surface area contributed by atoms with Gasteiger partial charge in [0, 0.05) is 19.6 Å². The van der Waals surface area contributed by atoms with Crippen molar-refractivity contribution in [2.45, 2.75) is 44.3 Å². The number of likely N-dealkylation sites (tertiary alicyclic amines) is 1. The summed E-state index contributed by atoms with van der Waals surface area (Å²) in [4.78, 5) is 1.98. The van der Waals surface area contributed by atoms with Crippen LogP contribution in [0.25, 0.3) is 0 Å². The summed E-state index contributed by atoms with van der Waals surface area (Å²) in [7, 11) is 0. The molecular formula is C20H23F3N4O2. The van der Waals surface area contributed by atoms with Gasteiger partial charge in [0.15, 0.2) is 17.9 Å². The molecule has 5 rings (SSSR count). The zero-order chi connectivity index (χ0) is 20.2. The average molecular weight is 408 g/mol. The Hall–Kier alpha value is -1.97. The van der Waals surface area contributed by atoms with E-state index in [1.807, 2.05) is 9.47 Å². The van der Waals surface area contributed by atoms with E-state index in [2.05, 4.69) is 10.2 Å². The van der Waals surface area contributed by atoms with Crippen LogP contribution in [-0.4, -0.2) is 44.5 Å². The summed E-state index contributed by atoms with van der Waals surface area (Å²) < 4.78 is 47.4. The standard InChI is InChI=1S/C20H23F3N4O2/c21-20(22,23)16-4-2-1-3-15(16)12-7-13-9-26(10-14(13)8-12)19(28)18-25-24-17-11-29-6-5-27(17)18/h1-4,12-14,19,28H,5-11H2/t12-,13-,14+,19?. The molecule has 1 unspecified atom stereocenters. The maximum Gasteiger partial charge on any atom is 0.416 e. The summed E-state index contributed by atoms with van der Waals surface area (Å²) in [5.74, 6) is 1.72. The molecule has 1 N–H and O–H groups in total. The first-order valence-corrected chi connectivity index (χ1v) is 9.99. The van der Waals surface area contributed by atoms with Crippen molar-refractivity contribution in [1.29, 1.82) is 0 Å². The van der Waals surface area contributed by atoms with Gasteiger partial charge in [0.2, 0.25) is 0 Å². The number of fused-ring (bicyclic) bond motifs is 2. The molecule has 4 atom stereocenters. The van der Waals surface area contributed by atoms with Crippen LogP contribution in [0.1, 0.15) is 47.8 Å². The molecule has 1 aromatic carbocycles. The molecule has 3 heterocycles. The van der Waals surface area contributed by atoms with E-state index in [0.29, 0.717) is 62.9 Å². The maximum absolute atomic E-state index is 13.4. The van der Waals surface area contributed by atoms with Crippen molar-refractivity contribution in [2.24, 2.45) is 11.8 Å². The molecule has 29 heavy (non-hydrogen) atoms. The normalized spacial score (nSPS) is 28.3. The largest absolute Gasteiger partial charge is 0.416 e. The van der Waals surface area contributed by atoms with E-state index in [1.165, 1.54) is 12.1 Å². The van der Waals surface area contributed by atoms with Crippen LogP contribution < -0.4 is 0 Å². The second-order valence-corrected chi connectivity index (χ2v) is 8.28. The number of halogens is 3. The van der Waals surface area contributed by atoms with E-state index < -0.39 is 18.0 Å². The molecule has 3 aliphatic rings. The van der Waals surface area contributed by atoms with Gasteiger partial charge in [-0.3, -0.25) is 4.90 Å². The third-order valence-electron chi connectivity index (χ3n) is 6.61. The number of aliphatic hydroxyl groups is 1.